The van der Waals surface area contributed by atoms with Gasteiger partial charge in [-0.05, 0) is 61.7 Å². The largest absolute Gasteiger partial charge is 0.326 e. The van der Waals surface area contributed by atoms with Crippen LogP contribution in [0.15, 0.2) is 0 Å². The van der Waals surface area contributed by atoms with Crippen LogP contribution in [0.2, 0.25) is 0 Å². The number of hydrogen-bond donors (Lipinski definition) is 1. The molecule has 4 heteroatoms. The lowest BCUT2D eigenvalue weighted by atomic mass is 9.50. The van der Waals surface area contributed by atoms with Crippen molar-refractivity contribution in [2.24, 2.45) is 28.9 Å². The molecule has 1 saturated heterocycles. The Hall–Kier alpha value is 0.950. The molecule has 4 saturated carbocycles. The highest BCUT2D eigenvalue weighted by molar-refractivity contribution is 8.17. The molecule has 0 radical (unpaired) electrons. The van der Waals surface area contributed by atoms with Crippen LogP contribution in [0.1, 0.15) is 38.5 Å². The van der Waals surface area contributed by atoms with E-state index in [9.17, 15) is 0 Å². The maximum Gasteiger partial charge on any atom is 0.0560 e. The first-order valence-electron chi connectivity index (χ1n) is 7.22. The number of hydrogen-bond acceptors (Lipinski definition) is 3. The van der Waals surface area contributed by atoms with Crippen molar-refractivity contribution in [3.8, 4) is 0 Å². The van der Waals surface area contributed by atoms with Crippen molar-refractivity contribution in [2.75, 3.05) is 11.5 Å². The molecule has 0 amide bonds. The van der Waals surface area contributed by atoms with Crippen molar-refractivity contribution in [1.29, 1.82) is 0 Å². The van der Waals surface area contributed by atoms with Crippen LogP contribution in [0.3, 0.4) is 0 Å². The molecule has 1 heterocycles. The molecular weight excluding hydrogens is 282 g/mol. The van der Waals surface area contributed by atoms with E-state index in [1.165, 1.54) is 11.5 Å². The van der Waals surface area contributed by atoms with Crippen molar-refractivity contribution >= 4 is 35.9 Å². The highest BCUT2D eigenvalue weighted by Gasteiger charge is 2.54. The lowest BCUT2D eigenvalue weighted by molar-refractivity contribution is -0.0426. The summed E-state index contributed by atoms with van der Waals surface area (Å²) in [6, 6.07) is 0.454. The summed E-state index contributed by atoms with van der Waals surface area (Å²) in [5.74, 6) is 5.70. The molecule has 5 fully saturated rings. The summed E-state index contributed by atoms with van der Waals surface area (Å²) >= 11 is 4.40. The Morgan fingerprint density at radius 2 is 1.28 bits per heavy atom. The van der Waals surface area contributed by atoms with Gasteiger partial charge in [-0.15, -0.1) is 35.9 Å². The number of thioether (sulfide) groups is 2. The van der Waals surface area contributed by atoms with E-state index in [2.05, 4.69) is 23.5 Å². The van der Waals surface area contributed by atoms with Gasteiger partial charge in [0.05, 0.1) is 4.58 Å². The predicted octanol–water partition coefficient (Wildman–Crippen LogP) is 3.76. The van der Waals surface area contributed by atoms with Crippen LogP contribution >= 0.6 is 35.9 Å². The molecule has 0 aromatic heterocycles. The first-order chi connectivity index (χ1) is 8.23. The molecule has 0 spiro atoms. The summed E-state index contributed by atoms with van der Waals surface area (Å²) in [4.78, 5) is 0. The van der Waals surface area contributed by atoms with E-state index in [1.54, 1.807) is 38.5 Å². The van der Waals surface area contributed by atoms with Gasteiger partial charge in [0.1, 0.15) is 0 Å². The fourth-order valence-electron chi connectivity index (χ4n) is 5.34. The predicted molar refractivity (Wildman–Crippen MR) is 84.5 cm³/mol. The van der Waals surface area contributed by atoms with Crippen LogP contribution in [-0.4, -0.2) is 22.1 Å². The van der Waals surface area contributed by atoms with E-state index >= 15 is 0 Å². The average Bonchev–Trinajstić information content (AvgIpc) is 2.27. The van der Waals surface area contributed by atoms with Gasteiger partial charge < -0.3 is 5.73 Å². The van der Waals surface area contributed by atoms with E-state index < -0.39 is 0 Å². The quantitative estimate of drug-likeness (QED) is 0.799. The molecule has 2 N–H and O–H groups in total. The lowest BCUT2D eigenvalue weighted by Gasteiger charge is -2.59. The molecule has 5 aliphatic rings. The molecule has 0 aromatic rings. The summed E-state index contributed by atoms with van der Waals surface area (Å²) in [5.41, 5.74) is 6.77. The molecule has 5 rings (SSSR count). The van der Waals surface area contributed by atoms with Crippen molar-refractivity contribution in [2.45, 2.75) is 49.1 Å². The molecule has 4 aliphatic carbocycles. The minimum Gasteiger partial charge on any atom is -0.326 e. The number of nitrogens with two attached hydrogens (primary N) is 1. The second-order valence-electron chi connectivity index (χ2n) is 7.04. The van der Waals surface area contributed by atoms with Gasteiger partial charge in [0.15, 0.2) is 0 Å². The average molecular weight is 306 g/mol. The van der Waals surface area contributed by atoms with Crippen LogP contribution in [0, 0.1) is 23.2 Å². The topological polar surface area (TPSA) is 26.0 Å². The van der Waals surface area contributed by atoms with E-state index in [0.29, 0.717) is 6.04 Å². The van der Waals surface area contributed by atoms with Crippen molar-refractivity contribution in [3.05, 3.63) is 0 Å². The van der Waals surface area contributed by atoms with Gasteiger partial charge in [0, 0.05) is 17.5 Å². The van der Waals surface area contributed by atoms with Gasteiger partial charge in [-0.25, -0.2) is 0 Å². The Morgan fingerprint density at radius 1 is 0.833 bits per heavy atom. The molecule has 0 unspecified atom stereocenters. The Bertz CT molecular complexity index is 280. The fourth-order valence-corrected chi connectivity index (χ4v) is 8.71. The van der Waals surface area contributed by atoms with Crippen LogP contribution in [-0.2, 0) is 0 Å². The first kappa shape index (κ1) is 13.9. The Kier molecular flexibility index (Phi) is 3.90. The maximum atomic E-state index is 6.05. The maximum absolute atomic E-state index is 6.05. The second kappa shape index (κ2) is 5.05. The molecule has 104 valence electrons. The van der Waals surface area contributed by atoms with Crippen LogP contribution in [0.5, 0.6) is 0 Å². The molecular formula is C14H24ClNS2. The summed E-state index contributed by atoms with van der Waals surface area (Å²) in [6.07, 6.45) is 9.37. The van der Waals surface area contributed by atoms with Crippen LogP contribution < -0.4 is 5.73 Å². The van der Waals surface area contributed by atoms with Crippen molar-refractivity contribution in [1.82, 2.24) is 0 Å². The smallest absolute Gasteiger partial charge is 0.0560 e. The zero-order chi connectivity index (χ0) is 11.5. The van der Waals surface area contributed by atoms with E-state index in [4.69, 9.17) is 5.73 Å². The highest BCUT2D eigenvalue weighted by atomic mass is 35.5. The van der Waals surface area contributed by atoms with Crippen molar-refractivity contribution < 1.29 is 0 Å². The summed E-state index contributed by atoms with van der Waals surface area (Å²) in [7, 11) is 0. The van der Waals surface area contributed by atoms with Gasteiger partial charge in [0.2, 0.25) is 0 Å². The highest BCUT2D eigenvalue weighted by Crippen LogP contribution is 2.65. The van der Waals surface area contributed by atoms with Crippen LogP contribution in [0.25, 0.3) is 0 Å². The molecule has 4 bridgehead atoms. The minimum absolute atomic E-state index is 0. The van der Waals surface area contributed by atoms with Gasteiger partial charge in [-0.3, -0.25) is 0 Å². The standard InChI is InChI=1S/C14H23NS2.ClH/c15-12-7-16-13(17-8-12)14-4-9-1-10(5-14)3-11(2-9)6-14;/h9-13H,1-8,15H2;1H. The van der Waals surface area contributed by atoms with Gasteiger partial charge in [-0.2, -0.15) is 0 Å². The summed E-state index contributed by atoms with van der Waals surface area (Å²) in [5, 5.41) is 0. The van der Waals surface area contributed by atoms with E-state index in [0.717, 1.165) is 27.8 Å². The van der Waals surface area contributed by atoms with Gasteiger partial charge in [0.25, 0.3) is 0 Å². The molecule has 0 aromatic carbocycles. The fraction of sp³-hybridized carbons (Fsp3) is 1.00. The number of halogens is 1. The third-order valence-corrected chi connectivity index (χ3v) is 9.17. The molecule has 0 atom stereocenters. The zero-order valence-corrected chi connectivity index (χ0v) is 13.3. The van der Waals surface area contributed by atoms with Crippen LogP contribution in [0.4, 0.5) is 0 Å². The SMILES string of the molecule is Cl.NC1CSC(C23CC4CC(CC(C4)C2)C3)SC1. The Balaban J connectivity index is 0.000001000. The Morgan fingerprint density at radius 3 is 1.72 bits per heavy atom. The second-order valence-corrected chi connectivity index (χ2v) is 9.61. The third kappa shape index (κ3) is 2.23. The molecule has 1 aliphatic heterocycles. The lowest BCUT2D eigenvalue weighted by Crippen LogP contribution is -2.51. The van der Waals surface area contributed by atoms with Crippen molar-refractivity contribution in [3.63, 3.8) is 0 Å². The third-order valence-electron chi connectivity index (χ3n) is 5.51. The minimum atomic E-state index is 0. The monoisotopic (exact) mass is 305 g/mol. The summed E-state index contributed by atoms with van der Waals surface area (Å²) in [6.45, 7) is 0. The first-order valence-corrected chi connectivity index (χ1v) is 9.32. The van der Waals surface area contributed by atoms with Gasteiger partial charge >= 0.3 is 0 Å². The molecule has 18 heavy (non-hydrogen) atoms. The summed E-state index contributed by atoms with van der Waals surface area (Å²) < 4.78 is 0.885. The molecule has 1 nitrogen and oxygen atoms in total. The van der Waals surface area contributed by atoms with Gasteiger partial charge in [-0.1, -0.05) is 0 Å². The van der Waals surface area contributed by atoms with E-state index in [1.807, 2.05) is 0 Å². The normalized spacial score (nSPS) is 54.2. The number of rotatable bonds is 1. The Labute approximate surface area is 125 Å². The zero-order valence-electron chi connectivity index (χ0n) is 10.8. The van der Waals surface area contributed by atoms with E-state index in [-0.39, 0.29) is 12.4 Å².